The first-order valence-electron chi connectivity index (χ1n) is 3.92. The van der Waals surface area contributed by atoms with Gasteiger partial charge < -0.3 is 14.9 Å². The topological polar surface area (TPSA) is 73.0 Å². The Morgan fingerprint density at radius 1 is 1.64 bits per heavy atom. The zero-order valence-electron chi connectivity index (χ0n) is 7.29. The van der Waals surface area contributed by atoms with Gasteiger partial charge in [0.1, 0.15) is 0 Å². The van der Waals surface area contributed by atoms with Crippen LogP contribution in [-0.2, 0) is 0 Å². The number of carboxylic acids is 1. The number of aromatic carboxylic acids is 1. The molecule has 2 rings (SSSR count). The Morgan fingerprint density at radius 2 is 2.36 bits per heavy atom. The molecule has 2 heterocycles. The third kappa shape index (κ3) is 1.13. The van der Waals surface area contributed by atoms with Gasteiger partial charge in [0.05, 0.1) is 27.4 Å². The molecule has 0 unspecified atom stereocenters. The molecular formula is C9H6NO3S-. The van der Waals surface area contributed by atoms with E-state index in [1.807, 2.05) is 6.92 Å². The maximum absolute atomic E-state index is 10.7. The fourth-order valence-corrected chi connectivity index (χ4v) is 2.37. The number of H-pyrrole nitrogens is 1. The number of hydrogen-bond acceptors (Lipinski definition) is 4. The first-order valence-corrected chi connectivity index (χ1v) is 4.73. The molecule has 2 aromatic heterocycles. The van der Waals surface area contributed by atoms with Crippen molar-refractivity contribution in [3.05, 3.63) is 22.2 Å². The molecule has 0 amide bonds. The van der Waals surface area contributed by atoms with Gasteiger partial charge >= 0.3 is 0 Å². The van der Waals surface area contributed by atoms with E-state index < -0.39 is 5.97 Å². The minimum absolute atomic E-state index is 0.138. The predicted molar refractivity (Wildman–Crippen MR) is 50.6 cm³/mol. The second-order valence-corrected chi connectivity index (χ2v) is 4.18. The summed E-state index contributed by atoms with van der Waals surface area (Å²) in [6.07, 6.45) is 0.542. The highest BCUT2D eigenvalue weighted by molar-refractivity contribution is 7.19. The van der Waals surface area contributed by atoms with Gasteiger partial charge in [-0.3, -0.25) is 4.79 Å². The van der Waals surface area contributed by atoms with E-state index in [1.54, 1.807) is 6.07 Å². The number of aryl methyl sites for hydroxylation is 1. The third-order valence-corrected chi connectivity index (χ3v) is 3.03. The van der Waals surface area contributed by atoms with Gasteiger partial charge in [0.25, 0.3) is 0 Å². The predicted octanol–water partition coefficient (Wildman–Crippen LogP) is 0.714. The van der Waals surface area contributed by atoms with Crippen molar-refractivity contribution < 1.29 is 14.7 Å². The molecule has 0 spiro atoms. The van der Waals surface area contributed by atoms with Gasteiger partial charge in [-0.1, -0.05) is 0 Å². The van der Waals surface area contributed by atoms with Crippen LogP contribution in [0.3, 0.4) is 0 Å². The molecule has 2 aromatic rings. The van der Waals surface area contributed by atoms with E-state index in [9.17, 15) is 14.7 Å². The Bertz CT molecular complexity index is 523. The lowest BCUT2D eigenvalue weighted by molar-refractivity contribution is -0.255. The second kappa shape index (κ2) is 2.95. The van der Waals surface area contributed by atoms with E-state index >= 15 is 0 Å². The van der Waals surface area contributed by atoms with E-state index in [2.05, 4.69) is 4.98 Å². The van der Waals surface area contributed by atoms with Gasteiger partial charge in [0.15, 0.2) is 6.29 Å². The van der Waals surface area contributed by atoms with Gasteiger partial charge in [-0.05, 0) is 13.0 Å². The Balaban J connectivity index is 2.81. The maximum atomic E-state index is 10.7. The number of aromatic nitrogens is 1. The highest BCUT2D eigenvalue weighted by Crippen LogP contribution is 2.29. The van der Waals surface area contributed by atoms with E-state index in [1.165, 1.54) is 11.3 Å². The average molecular weight is 208 g/mol. The molecule has 0 atom stereocenters. The van der Waals surface area contributed by atoms with Gasteiger partial charge in [0.2, 0.25) is 0 Å². The molecule has 0 bridgehead atoms. The summed E-state index contributed by atoms with van der Waals surface area (Å²) in [5.74, 6) is -1.35. The molecule has 0 aliphatic heterocycles. The average Bonchev–Trinajstić information content (AvgIpc) is 2.59. The smallest absolute Gasteiger partial charge is 0.153 e. The summed E-state index contributed by atoms with van der Waals surface area (Å²) < 4.78 is 0.678. The summed E-state index contributed by atoms with van der Waals surface area (Å²) in [5.41, 5.74) is 0.716. The van der Waals surface area contributed by atoms with Gasteiger partial charge in [-0.2, -0.15) is 0 Å². The standard InChI is InChI=1S/C9H7NO3S/c1-4-2-6-8(14-4)5(3-11)7(10-6)9(12)13/h2-3,10H,1H3,(H,12,13)/p-1. The minimum Gasteiger partial charge on any atom is -0.543 e. The van der Waals surface area contributed by atoms with Crippen molar-refractivity contribution in [3.8, 4) is 0 Å². The number of aldehydes is 1. The summed E-state index contributed by atoms with van der Waals surface area (Å²) >= 11 is 1.39. The largest absolute Gasteiger partial charge is 0.543 e. The molecule has 72 valence electrons. The SMILES string of the molecule is Cc1cc2[nH]c(C(=O)[O-])c(C=O)c2s1. The van der Waals surface area contributed by atoms with E-state index in [0.29, 0.717) is 16.5 Å². The number of thiophene rings is 1. The number of fused-ring (bicyclic) bond motifs is 1. The number of rotatable bonds is 2. The fourth-order valence-electron chi connectivity index (χ4n) is 1.40. The monoisotopic (exact) mass is 208 g/mol. The lowest BCUT2D eigenvalue weighted by Crippen LogP contribution is -2.23. The van der Waals surface area contributed by atoms with Crippen molar-refractivity contribution in [2.24, 2.45) is 0 Å². The summed E-state index contributed by atoms with van der Waals surface area (Å²) in [6, 6.07) is 1.80. The minimum atomic E-state index is -1.35. The fraction of sp³-hybridized carbons (Fsp3) is 0.111. The van der Waals surface area contributed by atoms with E-state index in [4.69, 9.17) is 0 Å². The van der Waals surface area contributed by atoms with Gasteiger partial charge in [-0.25, -0.2) is 0 Å². The Kier molecular flexibility index (Phi) is 1.89. The zero-order valence-corrected chi connectivity index (χ0v) is 8.10. The number of carboxylic acid groups (broad SMARTS) is 1. The van der Waals surface area contributed by atoms with Crippen LogP contribution in [0.2, 0.25) is 0 Å². The quantitative estimate of drug-likeness (QED) is 0.739. The molecule has 0 fully saturated rings. The number of carbonyl (C=O) groups is 2. The molecule has 0 aromatic carbocycles. The first kappa shape index (κ1) is 8.96. The van der Waals surface area contributed by atoms with E-state index in [0.717, 1.165) is 4.88 Å². The molecule has 4 nitrogen and oxygen atoms in total. The second-order valence-electron chi connectivity index (χ2n) is 2.92. The Hall–Kier alpha value is -1.62. The lowest BCUT2D eigenvalue weighted by Gasteiger charge is -1.98. The van der Waals surface area contributed by atoms with E-state index in [-0.39, 0.29) is 11.3 Å². The molecule has 14 heavy (non-hydrogen) atoms. The van der Waals surface area contributed by atoms with Crippen molar-refractivity contribution in [1.82, 2.24) is 4.98 Å². The van der Waals surface area contributed by atoms with Crippen LogP contribution in [-0.4, -0.2) is 17.2 Å². The highest BCUT2D eigenvalue weighted by atomic mass is 32.1. The first-order chi connectivity index (χ1) is 6.63. The van der Waals surface area contributed by atoms with Crippen molar-refractivity contribution in [3.63, 3.8) is 0 Å². The van der Waals surface area contributed by atoms with Crippen molar-refractivity contribution in [2.75, 3.05) is 0 Å². The van der Waals surface area contributed by atoms with Crippen LogP contribution in [0.4, 0.5) is 0 Å². The zero-order chi connectivity index (χ0) is 10.3. The molecular weight excluding hydrogens is 202 g/mol. The lowest BCUT2D eigenvalue weighted by atomic mass is 10.2. The van der Waals surface area contributed by atoms with Crippen LogP contribution in [0.5, 0.6) is 0 Å². The van der Waals surface area contributed by atoms with Gasteiger partial charge in [0, 0.05) is 4.88 Å². The van der Waals surface area contributed by atoms with Crippen LogP contribution in [0.1, 0.15) is 25.7 Å². The normalized spacial score (nSPS) is 10.6. The van der Waals surface area contributed by atoms with Crippen LogP contribution in [0.25, 0.3) is 10.2 Å². The number of nitrogens with one attached hydrogen (secondary N) is 1. The molecule has 0 saturated carbocycles. The van der Waals surface area contributed by atoms with Crippen LogP contribution in [0.15, 0.2) is 6.07 Å². The van der Waals surface area contributed by atoms with Crippen LogP contribution in [0, 0.1) is 6.92 Å². The van der Waals surface area contributed by atoms with Crippen LogP contribution < -0.4 is 5.11 Å². The number of aromatic amines is 1. The van der Waals surface area contributed by atoms with Crippen molar-refractivity contribution >= 4 is 33.8 Å². The van der Waals surface area contributed by atoms with Crippen molar-refractivity contribution in [1.29, 1.82) is 0 Å². The van der Waals surface area contributed by atoms with Crippen molar-refractivity contribution in [2.45, 2.75) is 6.92 Å². The Labute approximate surface area is 83.2 Å². The molecule has 1 N–H and O–H groups in total. The van der Waals surface area contributed by atoms with Crippen LogP contribution >= 0.6 is 11.3 Å². The molecule has 0 aliphatic carbocycles. The molecule has 5 heteroatoms. The summed E-state index contributed by atoms with van der Waals surface area (Å²) in [6.45, 7) is 1.89. The third-order valence-electron chi connectivity index (χ3n) is 1.95. The molecule has 0 radical (unpaired) electrons. The molecule has 0 aliphatic rings. The highest BCUT2D eigenvalue weighted by Gasteiger charge is 2.13. The maximum Gasteiger partial charge on any atom is 0.153 e. The molecule has 0 saturated heterocycles. The van der Waals surface area contributed by atoms with Gasteiger partial charge in [-0.15, -0.1) is 11.3 Å². The number of carbonyl (C=O) groups excluding carboxylic acids is 2. The number of hydrogen-bond donors (Lipinski definition) is 1. The summed E-state index contributed by atoms with van der Waals surface area (Å²) in [5, 5.41) is 10.6. The summed E-state index contributed by atoms with van der Waals surface area (Å²) in [7, 11) is 0. The summed E-state index contributed by atoms with van der Waals surface area (Å²) in [4.78, 5) is 25.0. The Morgan fingerprint density at radius 3 is 2.93 bits per heavy atom.